The molecule has 2 rings (SSSR count). The second-order valence-electron chi connectivity index (χ2n) is 6.67. The van der Waals surface area contributed by atoms with Crippen LogP contribution in [-0.2, 0) is 25.7 Å². The monoisotopic (exact) mass is 423 g/mol. The van der Waals surface area contributed by atoms with E-state index in [4.69, 9.17) is 4.74 Å². The highest BCUT2D eigenvalue weighted by molar-refractivity contribution is 7.89. The molecule has 158 valence electrons. The van der Waals surface area contributed by atoms with Crippen molar-refractivity contribution >= 4 is 21.6 Å². The maximum absolute atomic E-state index is 12.7. The van der Waals surface area contributed by atoms with Crippen molar-refractivity contribution in [3.8, 4) is 0 Å². The summed E-state index contributed by atoms with van der Waals surface area (Å²) >= 11 is 0. The van der Waals surface area contributed by atoms with E-state index in [0.29, 0.717) is 0 Å². The van der Waals surface area contributed by atoms with Crippen molar-refractivity contribution in [1.82, 2.24) is 9.62 Å². The van der Waals surface area contributed by atoms with Crippen LogP contribution in [0.15, 0.2) is 24.3 Å². The van der Waals surface area contributed by atoms with Gasteiger partial charge in [0.15, 0.2) is 0 Å². The Balaban J connectivity index is 1.78. The first-order chi connectivity index (χ1) is 13.0. The van der Waals surface area contributed by atoms with Crippen molar-refractivity contribution in [1.29, 1.82) is 0 Å². The topological polar surface area (TPSA) is 87.7 Å². The van der Waals surface area contributed by atoms with Crippen molar-refractivity contribution in [2.45, 2.75) is 32.2 Å². The van der Waals surface area contributed by atoms with E-state index in [1.807, 2.05) is 0 Å². The minimum atomic E-state index is -4.47. The lowest BCUT2D eigenvalue weighted by atomic mass is 10.2. The minimum absolute atomic E-state index is 0.0917. The molecule has 1 heterocycles. The van der Waals surface area contributed by atoms with E-state index in [1.165, 1.54) is 16.4 Å². The van der Waals surface area contributed by atoms with E-state index in [-0.39, 0.29) is 49.8 Å². The smallest absolute Gasteiger partial charge is 0.376 e. The second kappa shape index (κ2) is 9.10. The largest absolute Gasteiger partial charge is 0.416 e. The maximum Gasteiger partial charge on any atom is 0.416 e. The molecule has 0 saturated carbocycles. The molecular weight excluding hydrogens is 399 g/mol. The number of nitrogens with one attached hydrogen (secondary N) is 2. The van der Waals surface area contributed by atoms with Crippen LogP contribution in [0.5, 0.6) is 0 Å². The first-order valence-electron chi connectivity index (χ1n) is 8.78. The molecule has 1 saturated heterocycles. The molecule has 1 aromatic rings. The molecular formula is C17H24F3N3O4S. The number of hydrogen-bond acceptors (Lipinski definition) is 5. The fourth-order valence-corrected chi connectivity index (χ4v) is 4.35. The zero-order chi connectivity index (χ0) is 20.9. The summed E-state index contributed by atoms with van der Waals surface area (Å²) in [6, 6.07) is 4.48. The molecule has 0 spiro atoms. The number of carbonyl (C=O) groups excluding carboxylic acids is 1. The number of carbonyl (C=O) groups is 1. The predicted octanol–water partition coefficient (Wildman–Crippen LogP) is 1.67. The van der Waals surface area contributed by atoms with Crippen LogP contribution in [0.25, 0.3) is 0 Å². The van der Waals surface area contributed by atoms with E-state index in [2.05, 4.69) is 10.6 Å². The normalized spacial score (nSPS) is 21.3. The highest BCUT2D eigenvalue weighted by Crippen LogP contribution is 2.30. The van der Waals surface area contributed by atoms with Gasteiger partial charge < -0.3 is 15.4 Å². The summed E-state index contributed by atoms with van der Waals surface area (Å²) in [7, 11) is -3.54. The Hall–Kier alpha value is -1.85. The first kappa shape index (κ1) is 22.4. The number of alkyl halides is 3. The van der Waals surface area contributed by atoms with Gasteiger partial charge in [-0.2, -0.15) is 17.5 Å². The van der Waals surface area contributed by atoms with E-state index >= 15 is 0 Å². The van der Waals surface area contributed by atoms with Crippen molar-refractivity contribution in [3.05, 3.63) is 29.8 Å². The number of rotatable bonds is 7. The zero-order valence-electron chi connectivity index (χ0n) is 15.6. The van der Waals surface area contributed by atoms with Crippen LogP contribution >= 0.6 is 0 Å². The molecule has 1 aliphatic heterocycles. The Morgan fingerprint density at radius 1 is 1.25 bits per heavy atom. The van der Waals surface area contributed by atoms with Gasteiger partial charge in [0.2, 0.25) is 15.9 Å². The minimum Gasteiger partial charge on any atom is -0.376 e. The van der Waals surface area contributed by atoms with Gasteiger partial charge in [0.05, 0.1) is 30.1 Å². The lowest BCUT2D eigenvalue weighted by Crippen LogP contribution is -2.49. The molecule has 11 heteroatoms. The van der Waals surface area contributed by atoms with E-state index in [0.717, 1.165) is 12.1 Å². The maximum atomic E-state index is 12.7. The summed E-state index contributed by atoms with van der Waals surface area (Å²) in [4.78, 5) is 11.8. The number of halogens is 3. The predicted molar refractivity (Wildman–Crippen MR) is 98.3 cm³/mol. The molecule has 2 unspecified atom stereocenters. The average molecular weight is 423 g/mol. The molecule has 1 amide bonds. The third-order valence-electron chi connectivity index (χ3n) is 4.10. The Bertz CT molecular complexity index is 776. The van der Waals surface area contributed by atoms with Gasteiger partial charge in [-0.25, -0.2) is 8.42 Å². The summed E-state index contributed by atoms with van der Waals surface area (Å²) in [6.45, 7) is 3.74. The zero-order valence-corrected chi connectivity index (χ0v) is 16.4. The van der Waals surface area contributed by atoms with E-state index < -0.39 is 27.7 Å². The Morgan fingerprint density at radius 3 is 2.50 bits per heavy atom. The van der Waals surface area contributed by atoms with Gasteiger partial charge >= 0.3 is 6.18 Å². The van der Waals surface area contributed by atoms with Crippen LogP contribution in [0.2, 0.25) is 0 Å². The lowest BCUT2D eigenvalue weighted by Gasteiger charge is -2.34. The Kier molecular flexibility index (Phi) is 7.29. The van der Waals surface area contributed by atoms with Gasteiger partial charge in [-0.1, -0.05) is 6.07 Å². The fourth-order valence-electron chi connectivity index (χ4n) is 2.86. The summed E-state index contributed by atoms with van der Waals surface area (Å²) in [5, 5.41) is 5.05. The van der Waals surface area contributed by atoms with Crippen molar-refractivity contribution in [3.63, 3.8) is 0 Å². The van der Waals surface area contributed by atoms with Crippen LogP contribution in [0, 0.1) is 0 Å². The lowest BCUT2D eigenvalue weighted by molar-refractivity contribution is -0.137. The number of anilines is 1. The van der Waals surface area contributed by atoms with Crippen LogP contribution in [0.3, 0.4) is 0 Å². The number of ether oxygens (including phenoxy) is 1. The molecule has 0 bridgehead atoms. The van der Waals surface area contributed by atoms with Gasteiger partial charge in [0.1, 0.15) is 0 Å². The third kappa shape index (κ3) is 6.64. The van der Waals surface area contributed by atoms with Gasteiger partial charge in [-0.3, -0.25) is 4.79 Å². The van der Waals surface area contributed by atoms with Crippen LogP contribution in [0.1, 0.15) is 19.4 Å². The molecule has 1 aromatic carbocycles. The van der Waals surface area contributed by atoms with Crippen LogP contribution < -0.4 is 10.6 Å². The Labute approximate surface area is 162 Å². The molecule has 0 aromatic heterocycles. The van der Waals surface area contributed by atoms with Crippen molar-refractivity contribution < 1.29 is 31.1 Å². The van der Waals surface area contributed by atoms with Crippen LogP contribution in [0.4, 0.5) is 18.9 Å². The Morgan fingerprint density at radius 2 is 1.89 bits per heavy atom. The summed E-state index contributed by atoms with van der Waals surface area (Å²) in [5.41, 5.74) is -0.674. The summed E-state index contributed by atoms with van der Waals surface area (Å²) < 4.78 is 69.6. The molecule has 1 fully saturated rings. The number of sulfonamides is 1. The first-order valence-corrected chi connectivity index (χ1v) is 10.4. The van der Waals surface area contributed by atoms with E-state index in [1.54, 1.807) is 13.8 Å². The second-order valence-corrected chi connectivity index (χ2v) is 8.76. The van der Waals surface area contributed by atoms with Crippen LogP contribution in [-0.4, -0.2) is 62.8 Å². The molecule has 0 radical (unpaired) electrons. The van der Waals surface area contributed by atoms with Gasteiger partial charge in [0.25, 0.3) is 0 Å². The molecule has 28 heavy (non-hydrogen) atoms. The average Bonchev–Trinajstić information content (AvgIpc) is 2.58. The van der Waals surface area contributed by atoms with Crippen molar-refractivity contribution in [2.24, 2.45) is 0 Å². The van der Waals surface area contributed by atoms with Gasteiger partial charge in [-0.05, 0) is 32.0 Å². The van der Waals surface area contributed by atoms with Crippen molar-refractivity contribution in [2.75, 3.05) is 37.2 Å². The quantitative estimate of drug-likeness (QED) is 0.697. The number of amides is 1. The summed E-state index contributed by atoms with van der Waals surface area (Å²) in [5.74, 6) is -0.779. The molecule has 2 N–H and O–H groups in total. The van der Waals surface area contributed by atoms with Gasteiger partial charge in [0, 0.05) is 25.3 Å². The third-order valence-corrected chi connectivity index (χ3v) is 5.91. The molecule has 1 aliphatic rings. The molecule has 7 nitrogen and oxygen atoms in total. The summed E-state index contributed by atoms with van der Waals surface area (Å²) in [6.07, 6.45) is -4.88. The van der Waals surface area contributed by atoms with Gasteiger partial charge in [-0.15, -0.1) is 0 Å². The SMILES string of the molecule is CC1CN(S(=O)(=O)CCNC(=O)CNc2cccc(C(F)(F)F)c2)CC(C)O1. The number of hydrogen-bond donors (Lipinski definition) is 2. The highest BCUT2D eigenvalue weighted by atomic mass is 32.2. The number of morpholine rings is 1. The number of nitrogens with zero attached hydrogens (tertiary/aromatic N) is 1. The standard InChI is InChI=1S/C17H24F3N3O4S/c1-12-10-23(11-13(2)27-12)28(25,26)7-6-21-16(24)9-22-15-5-3-4-14(8-15)17(18,19)20/h3-5,8,12-13,22H,6-7,9-11H2,1-2H3,(H,21,24). The highest BCUT2D eigenvalue weighted by Gasteiger charge is 2.31. The molecule has 2 atom stereocenters. The van der Waals surface area contributed by atoms with E-state index in [9.17, 15) is 26.4 Å². The fraction of sp³-hybridized carbons (Fsp3) is 0.588. The molecule has 0 aliphatic carbocycles. The number of benzene rings is 1.